The van der Waals surface area contributed by atoms with Crippen molar-refractivity contribution in [3.8, 4) is 0 Å². The number of amidine groups is 1. The molecule has 0 radical (unpaired) electrons. The molecule has 6 rings (SSSR count). The molecule has 2 fully saturated rings. The van der Waals surface area contributed by atoms with Crippen molar-refractivity contribution in [1.82, 2.24) is 29.7 Å². The van der Waals surface area contributed by atoms with Gasteiger partial charge in [0, 0.05) is 45.3 Å². The molecule has 2 aliphatic heterocycles. The van der Waals surface area contributed by atoms with Gasteiger partial charge >= 0.3 is 0 Å². The number of rotatable bonds is 4. The predicted octanol–water partition coefficient (Wildman–Crippen LogP) is 2.11. The highest BCUT2D eigenvalue weighted by molar-refractivity contribution is 8.23. The van der Waals surface area contributed by atoms with E-state index in [1.54, 1.807) is 23.7 Å². The first-order valence-corrected chi connectivity index (χ1v) is 12.9. The Morgan fingerprint density at radius 2 is 1.85 bits per heavy atom. The van der Waals surface area contributed by atoms with Gasteiger partial charge in [0.2, 0.25) is 5.82 Å². The first-order chi connectivity index (χ1) is 16.4. The van der Waals surface area contributed by atoms with E-state index in [2.05, 4.69) is 34.5 Å². The van der Waals surface area contributed by atoms with E-state index in [1.165, 1.54) is 19.2 Å². The first kappa shape index (κ1) is 21.3. The van der Waals surface area contributed by atoms with Crippen LogP contribution in [-0.4, -0.2) is 78.0 Å². The summed E-state index contributed by atoms with van der Waals surface area (Å²) < 4.78 is 26.8. The Bertz CT molecular complexity index is 1310. The number of carbonyl (C=O) groups is 1. The van der Waals surface area contributed by atoms with E-state index in [-0.39, 0.29) is 5.91 Å². The molecule has 0 bridgehead atoms. The van der Waals surface area contributed by atoms with Crippen LogP contribution in [-0.2, 0) is 7.05 Å². The van der Waals surface area contributed by atoms with Crippen LogP contribution in [0.25, 0.3) is 11.2 Å². The van der Waals surface area contributed by atoms with Crippen LogP contribution in [0.5, 0.6) is 0 Å². The van der Waals surface area contributed by atoms with Gasteiger partial charge in [0.15, 0.2) is 22.8 Å². The molecule has 1 saturated carbocycles. The number of piperazine rings is 1. The van der Waals surface area contributed by atoms with E-state index >= 15 is 0 Å². The average Bonchev–Trinajstić information content (AvgIpc) is 3.56. The zero-order chi connectivity index (χ0) is 23.4. The van der Waals surface area contributed by atoms with Crippen molar-refractivity contribution in [3.05, 3.63) is 42.0 Å². The van der Waals surface area contributed by atoms with Gasteiger partial charge in [0.05, 0.1) is 4.90 Å². The summed E-state index contributed by atoms with van der Waals surface area (Å²) in [4.78, 5) is 30.8. The van der Waals surface area contributed by atoms with Gasteiger partial charge in [-0.05, 0) is 30.9 Å². The fourth-order valence-corrected chi connectivity index (χ4v) is 5.80. The van der Waals surface area contributed by atoms with Crippen LogP contribution < -0.4 is 10.2 Å². The third-order valence-electron chi connectivity index (χ3n) is 6.60. The van der Waals surface area contributed by atoms with Gasteiger partial charge in [-0.15, -0.1) is 4.40 Å². The topological polar surface area (TPSA) is 132 Å². The normalized spacial score (nSPS) is 20.3. The minimum absolute atomic E-state index is 0.194. The van der Waals surface area contributed by atoms with Gasteiger partial charge in [0.1, 0.15) is 6.33 Å². The minimum Gasteiger partial charge on any atom is -0.351 e. The van der Waals surface area contributed by atoms with Gasteiger partial charge in [-0.1, -0.05) is 22.9 Å². The second kappa shape index (κ2) is 7.93. The Morgan fingerprint density at radius 1 is 1.12 bits per heavy atom. The van der Waals surface area contributed by atoms with E-state index < -0.39 is 10.8 Å². The van der Waals surface area contributed by atoms with Crippen molar-refractivity contribution in [2.45, 2.75) is 17.7 Å². The number of aromatic nitrogens is 4. The van der Waals surface area contributed by atoms with Gasteiger partial charge in [-0.25, -0.2) is 15.0 Å². The number of anilines is 1. The molecule has 11 nitrogen and oxygen atoms in total. The van der Waals surface area contributed by atoms with Crippen molar-refractivity contribution >= 4 is 39.5 Å². The van der Waals surface area contributed by atoms with Gasteiger partial charge in [0.25, 0.3) is 5.91 Å². The summed E-state index contributed by atoms with van der Waals surface area (Å²) in [6, 6.07) is 7.26. The van der Waals surface area contributed by atoms with Crippen molar-refractivity contribution < 1.29 is 13.9 Å². The van der Waals surface area contributed by atoms with Crippen LogP contribution in [0.1, 0.15) is 29.0 Å². The number of fused-ring (bicyclic) bond motifs is 2. The fourth-order valence-electron chi connectivity index (χ4n) is 4.53. The summed E-state index contributed by atoms with van der Waals surface area (Å²) in [6.07, 6.45) is 3.84. The van der Waals surface area contributed by atoms with Crippen LogP contribution in [0.2, 0.25) is 0 Å². The Kier molecular flexibility index (Phi) is 4.97. The van der Waals surface area contributed by atoms with Crippen LogP contribution in [0.4, 0.5) is 5.82 Å². The molecular formula is C22H26N8O3S. The van der Waals surface area contributed by atoms with Crippen LogP contribution in [0, 0.1) is 5.92 Å². The zero-order valence-corrected chi connectivity index (χ0v) is 19.6. The lowest BCUT2D eigenvalue weighted by atomic mass is 10.1. The smallest absolute Gasteiger partial charge is 0.287 e. The van der Waals surface area contributed by atoms with E-state index in [0.717, 1.165) is 5.56 Å². The molecule has 1 aliphatic carbocycles. The van der Waals surface area contributed by atoms with Crippen molar-refractivity contribution in [2.24, 2.45) is 17.4 Å². The maximum atomic E-state index is 12.7. The third kappa shape index (κ3) is 3.58. The van der Waals surface area contributed by atoms with E-state index in [0.29, 0.717) is 72.2 Å². The number of imidazole rings is 1. The quantitative estimate of drug-likeness (QED) is 0.515. The van der Waals surface area contributed by atoms with Crippen molar-refractivity contribution in [2.75, 3.05) is 37.6 Å². The zero-order valence-electron chi connectivity index (χ0n) is 18.8. The second-order valence-electron chi connectivity index (χ2n) is 8.92. The van der Waals surface area contributed by atoms with Gasteiger partial charge in [-0.2, -0.15) is 0 Å². The number of benzene rings is 1. The van der Waals surface area contributed by atoms with Gasteiger partial charge in [-0.3, -0.25) is 13.9 Å². The molecule has 178 valence electrons. The summed E-state index contributed by atoms with van der Waals surface area (Å²) in [7, 11) is -1.36. The lowest BCUT2D eigenvalue weighted by molar-refractivity contribution is 0.0938. The molecule has 34 heavy (non-hydrogen) atoms. The van der Waals surface area contributed by atoms with E-state index in [9.17, 15) is 13.9 Å². The maximum Gasteiger partial charge on any atom is 0.287 e. The molecule has 3 N–H and O–H groups in total. The molecule has 0 unspecified atom stereocenters. The summed E-state index contributed by atoms with van der Waals surface area (Å²) >= 11 is 0. The molecule has 0 spiro atoms. The van der Waals surface area contributed by atoms with Crippen molar-refractivity contribution in [3.63, 3.8) is 0 Å². The number of carbonyl (C=O) groups excluding carboxylic acids is 1. The summed E-state index contributed by atoms with van der Waals surface area (Å²) in [5.74, 6) is 2.04. The number of nitrogens with zero attached hydrogens (tertiary/aromatic N) is 7. The lowest BCUT2D eigenvalue weighted by Gasteiger charge is -2.36. The standard InChI is InChI=1S/C22H26N8O3S/c1-28-19-17(26-21(28)22(31)23-12-14-6-7-14)20(25-13-24-19)30-10-8-29(9-11-30)18-15-4-2-3-5-16(15)34(32,33)27-18/h2-5,13-14,32-33H,6-12H2,1H3,(H,23,31). The molecule has 1 saturated heterocycles. The minimum atomic E-state index is -3.15. The molecule has 3 aliphatic rings. The molecule has 2 aromatic heterocycles. The highest BCUT2D eigenvalue weighted by Gasteiger charge is 2.34. The lowest BCUT2D eigenvalue weighted by Crippen LogP contribution is -2.49. The highest BCUT2D eigenvalue weighted by atomic mass is 32.3. The second-order valence-corrected chi connectivity index (χ2v) is 10.6. The van der Waals surface area contributed by atoms with Crippen LogP contribution >= 0.6 is 10.8 Å². The number of amides is 1. The monoisotopic (exact) mass is 482 g/mol. The van der Waals surface area contributed by atoms with Crippen molar-refractivity contribution in [1.29, 1.82) is 0 Å². The highest BCUT2D eigenvalue weighted by Crippen LogP contribution is 2.56. The molecule has 1 amide bonds. The average molecular weight is 483 g/mol. The third-order valence-corrected chi connectivity index (χ3v) is 7.98. The Morgan fingerprint density at radius 3 is 2.62 bits per heavy atom. The summed E-state index contributed by atoms with van der Waals surface area (Å²) in [5, 5.41) is 2.97. The molecule has 4 heterocycles. The number of nitrogens with one attached hydrogen (secondary N) is 1. The largest absolute Gasteiger partial charge is 0.351 e. The van der Waals surface area contributed by atoms with Crippen LogP contribution in [0.3, 0.4) is 0 Å². The molecule has 0 atom stereocenters. The van der Waals surface area contributed by atoms with E-state index in [4.69, 9.17) is 0 Å². The van der Waals surface area contributed by atoms with E-state index in [1.807, 2.05) is 12.1 Å². The SMILES string of the molecule is Cn1c(C(=O)NCC2CC2)nc2c(N3CCN(C4=NS(O)(O)c5ccccc54)CC3)ncnc21. The maximum absolute atomic E-state index is 12.7. The Labute approximate surface area is 198 Å². The molecular weight excluding hydrogens is 456 g/mol. The Hall–Kier alpha value is -3.22. The number of hydrogen-bond acceptors (Lipinski definition) is 9. The number of aryl methyl sites for hydroxylation is 1. The first-order valence-electron chi connectivity index (χ1n) is 11.4. The fraction of sp³-hybridized carbons (Fsp3) is 0.409. The van der Waals surface area contributed by atoms with Gasteiger partial charge < -0.3 is 19.7 Å². The molecule has 3 aromatic rings. The molecule has 12 heteroatoms. The number of hydrogen-bond donors (Lipinski definition) is 3. The summed E-state index contributed by atoms with van der Waals surface area (Å²) in [5.41, 5.74) is 1.99. The molecule has 1 aromatic carbocycles. The van der Waals surface area contributed by atoms with Crippen LogP contribution in [0.15, 0.2) is 39.9 Å². The predicted molar refractivity (Wildman–Crippen MR) is 129 cm³/mol. The summed E-state index contributed by atoms with van der Waals surface area (Å²) in [6.45, 7) is 3.24. The Balaban J connectivity index is 1.22.